The number of benzene rings is 2. The van der Waals surface area contributed by atoms with Crippen LogP contribution in [-0.4, -0.2) is 24.9 Å². The van der Waals surface area contributed by atoms with E-state index in [0.29, 0.717) is 36.1 Å². The molecule has 4 nitrogen and oxygen atoms in total. The third kappa shape index (κ3) is 5.62. The molecule has 2 aromatic carbocycles. The Hall–Kier alpha value is -2.76. The van der Waals surface area contributed by atoms with Gasteiger partial charge in [-0.15, -0.1) is 0 Å². The van der Waals surface area contributed by atoms with Crippen molar-refractivity contribution in [3.8, 4) is 0 Å². The van der Waals surface area contributed by atoms with Crippen molar-refractivity contribution in [1.82, 2.24) is 10.6 Å². The molecule has 2 amide bonds. The summed E-state index contributed by atoms with van der Waals surface area (Å²) in [7, 11) is 0. The van der Waals surface area contributed by atoms with E-state index in [0.717, 1.165) is 25.7 Å². The molecule has 148 valence electrons. The molecule has 0 radical (unpaired) electrons. The van der Waals surface area contributed by atoms with Crippen LogP contribution in [0.15, 0.2) is 48.5 Å². The fourth-order valence-electron chi connectivity index (χ4n) is 3.71. The van der Waals surface area contributed by atoms with Crippen molar-refractivity contribution < 1.29 is 18.4 Å². The first-order valence-corrected chi connectivity index (χ1v) is 9.59. The fourth-order valence-corrected chi connectivity index (χ4v) is 3.71. The van der Waals surface area contributed by atoms with Crippen molar-refractivity contribution in [2.24, 2.45) is 11.8 Å². The van der Waals surface area contributed by atoms with Gasteiger partial charge in [-0.2, -0.15) is 0 Å². The van der Waals surface area contributed by atoms with Crippen LogP contribution >= 0.6 is 0 Å². The molecule has 0 aliphatic heterocycles. The van der Waals surface area contributed by atoms with Gasteiger partial charge in [-0.3, -0.25) is 9.59 Å². The van der Waals surface area contributed by atoms with Gasteiger partial charge in [0.05, 0.1) is 0 Å². The van der Waals surface area contributed by atoms with Crippen LogP contribution in [0.2, 0.25) is 0 Å². The summed E-state index contributed by atoms with van der Waals surface area (Å²) in [6.45, 7) is 1.06. The number of carbonyl (C=O) groups excluding carboxylic acids is 2. The Bertz CT molecular complexity index is 773. The molecule has 2 aromatic rings. The summed E-state index contributed by atoms with van der Waals surface area (Å²) in [6, 6.07) is 11.3. The fraction of sp³-hybridized carbons (Fsp3) is 0.364. The highest BCUT2D eigenvalue weighted by atomic mass is 19.1. The number of hydrogen-bond acceptors (Lipinski definition) is 2. The third-order valence-corrected chi connectivity index (χ3v) is 5.17. The molecule has 0 spiro atoms. The summed E-state index contributed by atoms with van der Waals surface area (Å²) < 4.78 is 26.5. The maximum Gasteiger partial charge on any atom is 0.251 e. The lowest BCUT2D eigenvalue weighted by molar-refractivity contribution is 0.0935. The predicted molar refractivity (Wildman–Crippen MR) is 103 cm³/mol. The first-order chi connectivity index (χ1) is 13.5. The van der Waals surface area contributed by atoms with Gasteiger partial charge in [0.15, 0.2) is 0 Å². The van der Waals surface area contributed by atoms with Crippen LogP contribution in [0.5, 0.6) is 0 Å². The Morgan fingerprint density at radius 3 is 1.71 bits per heavy atom. The van der Waals surface area contributed by atoms with Crippen molar-refractivity contribution in [2.75, 3.05) is 13.1 Å². The molecule has 3 rings (SSSR count). The maximum atomic E-state index is 13.2. The van der Waals surface area contributed by atoms with E-state index in [9.17, 15) is 18.4 Å². The predicted octanol–water partition coefficient (Wildman–Crippen LogP) is 3.93. The van der Waals surface area contributed by atoms with Crippen molar-refractivity contribution in [3.63, 3.8) is 0 Å². The molecule has 1 fully saturated rings. The van der Waals surface area contributed by atoms with Crippen LogP contribution < -0.4 is 10.6 Å². The first kappa shape index (κ1) is 20.0. The van der Waals surface area contributed by atoms with Gasteiger partial charge in [0.1, 0.15) is 11.6 Å². The van der Waals surface area contributed by atoms with Crippen LogP contribution in [-0.2, 0) is 0 Å². The van der Waals surface area contributed by atoms with E-state index in [1.165, 1.54) is 36.4 Å². The summed E-state index contributed by atoms with van der Waals surface area (Å²) in [5.74, 6) is -0.773. The summed E-state index contributed by atoms with van der Waals surface area (Å²) in [5.41, 5.74) is 0.629. The van der Waals surface area contributed by atoms with Crippen molar-refractivity contribution in [1.29, 1.82) is 0 Å². The topological polar surface area (TPSA) is 58.2 Å². The third-order valence-electron chi connectivity index (χ3n) is 5.17. The lowest BCUT2D eigenvalue weighted by atomic mass is 9.81. The summed E-state index contributed by atoms with van der Waals surface area (Å²) in [5, 5.41) is 5.76. The summed E-state index contributed by atoms with van der Waals surface area (Å²) in [4.78, 5) is 24.3. The van der Waals surface area contributed by atoms with Crippen molar-refractivity contribution in [3.05, 3.63) is 71.3 Å². The highest BCUT2D eigenvalue weighted by Gasteiger charge is 2.23. The molecule has 6 heteroatoms. The average molecular weight is 386 g/mol. The molecule has 0 saturated heterocycles. The van der Waals surface area contributed by atoms with E-state index in [1.54, 1.807) is 12.1 Å². The number of halogens is 2. The zero-order valence-electron chi connectivity index (χ0n) is 15.6. The molecular formula is C22H24F2N2O2. The summed E-state index contributed by atoms with van der Waals surface area (Å²) in [6.07, 6.45) is 3.95. The molecule has 1 aliphatic rings. The number of hydrogen-bond donors (Lipinski definition) is 2. The zero-order valence-corrected chi connectivity index (χ0v) is 15.6. The van der Waals surface area contributed by atoms with Gasteiger partial charge >= 0.3 is 0 Å². The van der Waals surface area contributed by atoms with E-state index in [-0.39, 0.29) is 11.8 Å². The largest absolute Gasteiger partial charge is 0.352 e. The second-order valence-corrected chi connectivity index (χ2v) is 7.34. The Balaban J connectivity index is 1.45. The lowest BCUT2D eigenvalue weighted by Gasteiger charge is -2.29. The minimum Gasteiger partial charge on any atom is -0.352 e. The summed E-state index contributed by atoms with van der Waals surface area (Å²) >= 11 is 0. The number of carbonyl (C=O) groups is 2. The quantitative estimate of drug-likeness (QED) is 0.790. The van der Waals surface area contributed by atoms with Crippen LogP contribution in [0, 0.1) is 23.5 Å². The van der Waals surface area contributed by atoms with Crippen LogP contribution in [0.25, 0.3) is 0 Å². The van der Waals surface area contributed by atoms with E-state index in [1.807, 2.05) is 0 Å². The number of nitrogens with one attached hydrogen (secondary N) is 2. The van der Waals surface area contributed by atoms with Gasteiger partial charge in [0, 0.05) is 24.2 Å². The smallest absolute Gasteiger partial charge is 0.251 e. The second kappa shape index (κ2) is 9.44. The van der Waals surface area contributed by atoms with Crippen LogP contribution in [0.1, 0.15) is 46.4 Å². The lowest BCUT2D eigenvalue weighted by Crippen LogP contribution is -2.35. The monoisotopic (exact) mass is 386 g/mol. The van der Waals surface area contributed by atoms with Gasteiger partial charge in [0.25, 0.3) is 11.8 Å². The Morgan fingerprint density at radius 2 is 1.29 bits per heavy atom. The molecule has 28 heavy (non-hydrogen) atoms. The van der Waals surface area contributed by atoms with Crippen molar-refractivity contribution in [2.45, 2.75) is 25.7 Å². The zero-order chi connectivity index (χ0) is 19.9. The Kier molecular flexibility index (Phi) is 6.74. The molecule has 2 atom stereocenters. The van der Waals surface area contributed by atoms with Gasteiger partial charge < -0.3 is 10.6 Å². The van der Waals surface area contributed by atoms with E-state index in [4.69, 9.17) is 0 Å². The van der Waals surface area contributed by atoms with Gasteiger partial charge in [-0.1, -0.05) is 18.6 Å². The SMILES string of the molecule is O=C(NC[C@H]1CCC[C@H](CNC(=O)c2cccc(F)c2)C1)c1cccc(F)c1. The minimum absolute atomic E-state index is 0.277. The number of rotatable bonds is 6. The second-order valence-electron chi connectivity index (χ2n) is 7.34. The minimum atomic E-state index is -0.431. The first-order valence-electron chi connectivity index (χ1n) is 9.59. The maximum absolute atomic E-state index is 13.2. The Morgan fingerprint density at radius 1 is 0.821 bits per heavy atom. The van der Waals surface area contributed by atoms with Gasteiger partial charge in [-0.25, -0.2) is 8.78 Å². The van der Waals surface area contributed by atoms with Gasteiger partial charge in [-0.05, 0) is 67.5 Å². The molecule has 1 saturated carbocycles. The van der Waals surface area contributed by atoms with Gasteiger partial charge in [0.2, 0.25) is 0 Å². The molecule has 1 aliphatic carbocycles. The van der Waals surface area contributed by atoms with Crippen molar-refractivity contribution >= 4 is 11.8 Å². The highest BCUT2D eigenvalue weighted by Crippen LogP contribution is 2.28. The van der Waals surface area contributed by atoms with E-state index >= 15 is 0 Å². The Labute approximate surface area is 163 Å². The van der Waals surface area contributed by atoms with Crippen LogP contribution in [0.3, 0.4) is 0 Å². The highest BCUT2D eigenvalue weighted by molar-refractivity contribution is 5.94. The van der Waals surface area contributed by atoms with Crippen LogP contribution in [0.4, 0.5) is 8.78 Å². The molecular weight excluding hydrogens is 362 g/mol. The standard InChI is InChI=1S/C22H24F2N2O2/c23-19-8-2-6-17(11-19)21(27)25-13-15-4-1-5-16(10-15)14-26-22(28)18-7-3-9-20(24)12-18/h2-3,6-9,11-12,15-16H,1,4-5,10,13-14H2,(H,25,27)(H,26,28)/t15-,16-/m0/s1. The molecule has 0 heterocycles. The van der Waals surface area contributed by atoms with E-state index < -0.39 is 11.6 Å². The average Bonchev–Trinajstić information content (AvgIpc) is 2.70. The molecule has 0 aromatic heterocycles. The molecule has 0 unspecified atom stereocenters. The molecule has 2 N–H and O–H groups in total. The van der Waals surface area contributed by atoms with E-state index in [2.05, 4.69) is 10.6 Å². The molecule has 0 bridgehead atoms. The number of amides is 2. The normalized spacial score (nSPS) is 19.1.